The number of aliphatic carboxylic acids is 1. The number of carboxylic acid groups (broad SMARTS) is 1. The molecular formula is C17H22N2O4. The SMILES string of the molecule is CC(C)C(=O)Nc1ccc(C(=O)N2CCCC(C(=O)O)C2)cc1. The monoisotopic (exact) mass is 318 g/mol. The second-order valence-electron chi connectivity index (χ2n) is 6.15. The van der Waals surface area contributed by atoms with E-state index in [9.17, 15) is 14.4 Å². The van der Waals surface area contributed by atoms with Gasteiger partial charge in [-0.3, -0.25) is 14.4 Å². The number of hydrogen-bond donors (Lipinski definition) is 2. The zero-order valence-corrected chi connectivity index (χ0v) is 13.4. The van der Waals surface area contributed by atoms with Gasteiger partial charge in [0.15, 0.2) is 0 Å². The van der Waals surface area contributed by atoms with Crippen molar-refractivity contribution in [3.63, 3.8) is 0 Å². The first-order valence-electron chi connectivity index (χ1n) is 7.81. The molecule has 1 aliphatic heterocycles. The molecule has 124 valence electrons. The molecule has 0 aliphatic carbocycles. The Morgan fingerprint density at radius 2 is 1.87 bits per heavy atom. The van der Waals surface area contributed by atoms with Crippen LogP contribution in [0.5, 0.6) is 0 Å². The van der Waals surface area contributed by atoms with E-state index in [1.165, 1.54) is 0 Å². The topological polar surface area (TPSA) is 86.7 Å². The predicted octanol–water partition coefficient (Wildman–Crippen LogP) is 2.22. The summed E-state index contributed by atoms with van der Waals surface area (Å²) in [4.78, 5) is 36.8. The molecule has 1 fully saturated rings. The van der Waals surface area contributed by atoms with E-state index in [0.717, 1.165) is 0 Å². The fourth-order valence-electron chi connectivity index (χ4n) is 2.53. The molecule has 0 spiro atoms. The van der Waals surface area contributed by atoms with Crippen molar-refractivity contribution in [2.45, 2.75) is 26.7 Å². The number of carbonyl (C=O) groups is 3. The molecule has 23 heavy (non-hydrogen) atoms. The molecule has 1 aromatic carbocycles. The zero-order valence-electron chi connectivity index (χ0n) is 13.4. The van der Waals surface area contributed by atoms with Crippen LogP contribution in [-0.2, 0) is 9.59 Å². The summed E-state index contributed by atoms with van der Waals surface area (Å²) in [5.74, 6) is -1.70. The van der Waals surface area contributed by atoms with Gasteiger partial charge in [0, 0.05) is 30.3 Å². The maximum atomic E-state index is 12.5. The molecule has 1 saturated heterocycles. The van der Waals surface area contributed by atoms with E-state index >= 15 is 0 Å². The third kappa shape index (κ3) is 4.31. The van der Waals surface area contributed by atoms with Gasteiger partial charge in [-0.15, -0.1) is 0 Å². The first-order chi connectivity index (χ1) is 10.9. The molecule has 6 heteroatoms. The summed E-state index contributed by atoms with van der Waals surface area (Å²) in [5.41, 5.74) is 1.14. The number of nitrogens with one attached hydrogen (secondary N) is 1. The van der Waals surface area contributed by atoms with E-state index in [0.29, 0.717) is 30.6 Å². The van der Waals surface area contributed by atoms with Crippen molar-refractivity contribution in [2.24, 2.45) is 11.8 Å². The number of anilines is 1. The molecular weight excluding hydrogens is 296 g/mol. The number of piperidine rings is 1. The summed E-state index contributed by atoms with van der Waals surface area (Å²) in [7, 11) is 0. The fraction of sp³-hybridized carbons (Fsp3) is 0.471. The highest BCUT2D eigenvalue weighted by atomic mass is 16.4. The highest BCUT2D eigenvalue weighted by Crippen LogP contribution is 2.20. The Hall–Kier alpha value is -2.37. The standard InChI is InChI=1S/C17H22N2O4/c1-11(2)15(20)18-14-7-5-12(6-8-14)16(21)19-9-3-4-13(10-19)17(22)23/h5-8,11,13H,3-4,9-10H2,1-2H3,(H,18,20)(H,22,23). The predicted molar refractivity (Wildman–Crippen MR) is 86.2 cm³/mol. The number of amides is 2. The van der Waals surface area contributed by atoms with Crippen LogP contribution < -0.4 is 5.32 Å². The average molecular weight is 318 g/mol. The van der Waals surface area contributed by atoms with Gasteiger partial charge in [-0.1, -0.05) is 13.8 Å². The zero-order chi connectivity index (χ0) is 17.0. The average Bonchev–Trinajstić information content (AvgIpc) is 2.55. The molecule has 1 heterocycles. The molecule has 0 aromatic heterocycles. The lowest BCUT2D eigenvalue weighted by molar-refractivity contribution is -0.143. The summed E-state index contributed by atoms with van der Waals surface area (Å²) in [6, 6.07) is 6.68. The molecule has 1 aliphatic rings. The molecule has 1 aromatic rings. The molecule has 0 radical (unpaired) electrons. The van der Waals surface area contributed by atoms with E-state index in [1.54, 1.807) is 29.2 Å². The first-order valence-corrected chi connectivity index (χ1v) is 7.81. The van der Waals surface area contributed by atoms with Crippen molar-refractivity contribution in [1.29, 1.82) is 0 Å². The summed E-state index contributed by atoms with van der Waals surface area (Å²) in [6.07, 6.45) is 1.31. The molecule has 2 N–H and O–H groups in total. The van der Waals surface area contributed by atoms with Crippen LogP contribution in [0.4, 0.5) is 5.69 Å². The summed E-state index contributed by atoms with van der Waals surface area (Å²) >= 11 is 0. The smallest absolute Gasteiger partial charge is 0.308 e. The van der Waals surface area contributed by atoms with Crippen molar-refractivity contribution in [1.82, 2.24) is 4.90 Å². The van der Waals surface area contributed by atoms with Crippen LogP contribution in [0.25, 0.3) is 0 Å². The lowest BCUT2D eigenvalue weighted by atomic mass is 9.97. The molecule has 2 amide bonds. The maximum Gasteiger partial charge on any atom is 0.308 e. The Balaban J connectivity index is 2.02. The summed E-state index contributed by atoms with van der Waals surface area (Å²) in [6.45, 7) is 4.44. The molecule has 0 saturated carbocycles. The molecule has 0 bridgehead atoms. The van der Waals surface area contributed by atoms with Crippen molar-refractivity contribution in [3.05, 3.63) is 29.8 Å². The van der Waals surface area contributed by atoms with Crippen LogP contribution in [-0.4, -0.2) is 40.9 Å². The Labute approximate surface area is 135 Å². The highest BCUT2D eigenvalue weighted by Gasteiger charge is 2.28. The third-order valence-electron chi connectivity index (χ3n) is 3.98. The summed E-state index contributed by atoms with van der Waals surface area (Å²) < 4.78 is 0. The third-order valence-corrected chi connectivity index (χ3v) is 3.98. The van der Waals surface area contributed by atoms with Gasteiger partial charge in [-0.05, 0) is 37.1 Å². The van der Waals surface area contributed by atoms with Gasteiger partial charge in [0.1, 0.15) is 0 Å². The minimum atomic E-state index is -0.853. The Morgan fingerprint density at radius 3 is 2.43 bits per heavy atom. The van der Waals surface area contributed by atoms with Crippen molar-refractivity contribution >= 4 is 23.5 Å². The quantitative estimate of drug-likeness (QED) is 0.891. The highest BCUT2D eigenvalue weighted by molar-refractivity contribution is 5.96. The Kier molecular flexibility index (Phi) is 5.36. The van der Waals surface area contributed by atoms with Crippen LogP contribution in [0.3, 0.4) is 0 Å². The number of benzene rings is 1. The lowest BCUT2D eigenvalue weighted by Crippen LogP contribution is -2.42. The van der Waals surface area contributed by atoms with Gasteiger partial charge < -0.3 is 15.3 Å². The molecule has 6 nitrogen and oxygen atoms in total. The van der Waals surface area contributed by atoms with Gasteiger partial charge in [-0.25, -0.2) is 0 Å². The van der Waals surface area contributed by atoms with Crippen molar-refractivity contribution in [3.8, 4) is 0 Å². The van der Waals surface area contributed by atoms with E-state index in [4.69, 9.17) is 5.11 Å². The summed E-state index contributed by atoms with van der Waals surface area (Å²) in [5, 5.41) is 11.9. The maximum absolute atomic E-state index is 12.5. The molecule has 2 rings (SSSR count). The number of carboxylic acids is 1. The number of carbonyl (C=O) groups excluding carboxylic acids is 2. The first kappa shape index (κ1) is 17.0. The molecule has 1 unspecified atom stereocenters. The van der Waals surface area contributed by atoms with Gasteiger partial charge in [-0.2, -0.15) is 0 Å². The van der Waals surface area contributed by atoms with Gasteiger partial charge in [0.25, 0.3) is 5.91 Å². The lowest BCUT2D eigenvalue weighted by Gasteiger charge is -2.30. The van der Waals surface area contributed by atoms with Crippen molar-refractivity contribution < 1.29 is 19.5 Å². The minimum Gasteiger partial charge on any atom is -0.481 e. The van der Waals surface area contributed by atoms with E-state index in [2.05, 4.69) is 5.32 Å². The van der Waals surface area contributed by atoms with Crippen LogP contribution in [0.15, 0.2) is 24.3 Å². The van der Waals surface area contributed by atoms with Gasteiger partial charge in [0.2, 0.25) is 5.91 Å². The minimum absolute atomic E-state index is 0.0793. The number of nitrogens with zero attached hydrogens (tertiary/aromatic N) is 1. The number of rotatable bonds is 4. The van der Waals surface area contributed by atoms with E-state index in [1.807, 2.05) is 13.8 Å². The number of hydrogen-bond acceptors (Lipinski definition) is 3. The number of likely N-dealkylation sites (tertiary alicyclic amines) is 1. The van der Waals surface area contributed by atoms with Crippen LogP contribution in [0.2, 0.25) is 0 Å². The fourth-order valence-corrected chi connectivity index (χ4v) is 2.53. The normalized spacial score (nSPS) is 17.9. The van der Waals surface area contributed by atoms with E-state index in [-0.39, 0.29) is 24.3 Å². The van der Waals surface area contributed by atoms with Crippen LogP contribution >= 0.6 is 0 Å². The Bertz CT molecular complexity index is 595. The van der Waals surface area contributed by atoms with Crippen molar-refractivity contribution in [2.75, 3.05) is 18.4 Å². The van der Waals surface area contributed by atoms with Gasteiger partial charge >= 0.3 is 5.97 Å². The van der Waals surface area contributed by atoms with Crippen LogP contribution in [0.1, 0.15) is 37.0 Å². The van der Waals surface area contributed by atoms with Crippen LogP contribution in [0, 0.1) is 11.8 Å². The largest absolute Gasteiger partial charge is 0.481 e. The van der Waals surface area contributed by atoms with Gasteiger partial charge in [0.05, 0.1) is 5.92 Å². The second-order valence-corrected chi connectivity index (χ2v) is 6.15. The second kappa shape index (κ2) is 7.26. The Morgan fingerprint density at radius 1 is 1.22 bits per heavy atom. The van der Waals surface area contributed by atoms with E-state index < -0.39 is 11.9 Å². The molecule has 1 atom stereocenters.